The molecular weight excluding hydrogens is 288 g/mol. The van der Waals surface area contributed by atoms with Gasteiger partial charge in [-0.25, -0.2) is 4.98 Å². The summed E-state index contributed by atoms with van der Waals surface area (Å²) in [5.41, 5.74) is 0.947. The highest BCUT2D eigenvalue weighted by Crippen LogP contribution is 2.22. The molecule has 5 heteroatoms. The van der Waals surface area contributed by atoms with Crippen LogP contribution in [0.25, 0.3) is 0 Å². The zero-order chi connectivity index (χ0) is 15.9. The topological polar surface area (TPSA) is 59.1 Å². The third-order valence-corrected chi connectivity index (χ3v) is 4.03. The summed E-state index contributed by atoms with van der Waals surface area (Å²) in [5, 5.41) is 6.75. The van der Waals surface area contributed by atoms with E-state index in [0.29, 0.717) is 18.6 Å². The number of nitrogens with zero attached hydrogens (tertiary/aromatic N) is 2. The molecule has 0 bridgehead atoms. The lowest BCUT2D eigenvalue weighted by Crippen LogP contribution is -2.22. The Hall–Kier alpha value is -2.30. The van der Waals surface area contributed by atoms with Crippen LogP contribution in [0, 0.1) is 0 Å². The Kier molecular flexibility index (Phi) is 5.29. The van der Waals surface area contributed by atoms with Crippen molar-refractivity contribution in [2.45, 2.75) is 45.1 Å². The molecule has 0 radical (unpaired) electrons. The van der Waals surface area contributed by atoms with Gasteiger partial charge in [-0.1, -0.05) is 19.3 Å². The van der Waals surface area contributed by atoms with E-state index in [-0.39, 0.29) is 0 Å². The van der Waals surface area contributed by atoms with E-state index in [9.17, 15) is 0 Å². The van der Waals surface area contributed by atoms with Crippen LogP contribution in [0.4, 0.5) is 17.5 Å². The maximum Gasteiger partial charge on any atom is 0.229 e. The lowest BCUT2D eigenvalue weighted by molar-refractivity contribution is 0.340. The van der Waals surface area contributed by atoms with Crippen molar-refractivity contribution in [3.8, 4) is 5.75 Å². The lowest BCUT2D eigenvalue weighted by Gasteiger charge is -2.23. The minimum Gasteiger partial charge on any atom is -0.494 e. The summed E-state index contributed by atoms with van der Waals surface area (Å²) in [6, 6.07) is 10.3. The minimum absolute atomic E-state index is 0.539. The third-order valence-electron chi connectivity index (χ3n) is 4.03. The molecular formula is C18H24N4O. The molecule has 1 saturated carbocycles. The van der Waals surface area contributed by atoms with Gasteiger partial charge in [0.1, 0.15) is 11.6 Å². The second-order valence-corrected chi connectivity index (χ2v) is 5.83. The number of hydrogen-bond acceptors (Lipinski definition) is 5. The van der Waals surface area contributed by atoms with Crippen LogP contribution in [0.2, 0.25) is 0 Å². The molecule has 2 N–H and O–H groups in total. The van der Waals surface area contributed by atoms with Crippen molar-refractivity contribution in [3.63, 3.8) is 0 Å². The predicted molar refractivity (Wildman–Crippen MR) is 93.4 cm³/mol. The van der Waals surface area contributed by atoms with Crippen LogP contribution in [0.1, 0.15) is 39.0 Å². The number of rotatable bonds is 6. The van der Waals surface area contributed by atoms with Crippen LogP contribution in [0.3, 0.4) is 0 Å². The summed E-state index contributed by atoms with van der Waals surface area (Å²) < 4.78 is 5.45. The van der Waals surface area contributed by atoms with Crippen LogP contribution in [-0.4, -0.2) is 22.6 Å². The lowest BCUT2D eigenvalue weighted by atomic mass is 9.95. The average molecular weight is 312 g/mol. The summed E-state index contributed by atoms with van der Waals surface area (Å²) in [6.45, 7) is 2.65. The summed E-state index contributed by atoms with van der Waals surface area (Å²) in [4.78, 5) is 8.85. The Morgan fingerprint density at radius 2 is 1.87 bits per heavy atom. The van der Waals surface area contributed by atoms with Gasteiger partial charge < -0.3 is 15.4 Å². The molecule has 1 aromatic heterocycles. The molecule has 0 amide bonds. The van der Waals surface area contributed by atoms with Gasteiger partial charge in [-0.3, -0.25) is 0 Å². The fourth-order valence-electron chi connectivity index (χ4n) is 2.89. The summed E-state index contributed by atoms with van der Waals surface area (Å²) in [5.74, 6) is 2.36. The van der Waals surface area contributed by atoms with Crippen LogP contribution >= 0.6 is 0 Å². The third kappa shape index (κ3) is 4.58. The van der Waals surface area contributed by atoms with Crippen molar-refractivity contribution in [1.82, 2.24) is 9.97 Å². The van der Waals surface area contributed by atoms with Gasteiger partial charge in [0.15, 0.2) is 0 Å². The van der Waals surface area contributed by atoms with E-state index < -0.39 is 0 Å². The van der Waals surface area contributed by atoms with Crippen LogP contribution in [0.5, 0.6) is 5.75 Å². The molecule has 1 aromatic carbocycles. The van der Waals surface area contributed by atoms with Gasteiger partial charge in [0, 0.05) is 17.9 Å². The van der Waals surface area contributed by atoms with Crippen molar-refractivity contribution in [2.24, 2.45) is 0 Å². The molecule has 122 valence electrons. The normalized spacial score (nSPS) is 15.2. The van der Waals surface area contributed by atoms with Gasteiger partial charge in [0.2, 0.25) is 5.95 Å². The summed E-state index contributed by atoms with van der Waals surface area (Å²) >= 11 is 0. The van der Waals surface area contributed by atoms with Gasteiger partial charge in [-0.05, 0) is 50.1 Å². The molecule has 0 unspecified atom stereocenters. The van der Waals surface area contributed by atoms with Crippen molar-refractivity contribution in [1.29, 1.82) is 0 Å². The summed E-state index contributed by atoms with van der Waals surface area (Å²) in [6.07, 6.45) is 8.21. The van der Waals surface area contributed by atoms with Gasteiger partial charge >= 0.3 is 0 Å². The molecule has 23 heavy (non-hydrogen) atoms. The second kappa shape index (κ2) is 7.81. The Morgan fingerprint density at radius 1 is 1.09 bits per heavy atom. The van der Waals surface area contributed by atoms with E-state index in [0.717, 1.165) is 17.3 Å². The van der Waals surface area contributed by atoms with Crippen molar-refractivity contribution in [3.05, 3.63) is 36.5 Å². The Morgan fingerprint density at radius 3 is 2.61 bits per heavy atom. The first kappa shape index (κ1) is 15.6. The Balaban J connectivity index is 1.62. The second-order valence-electron chi connectivity index (χ2n) is 5.83. The highest BCUT2D eigenvalue weighted by Gasteiger charge is 2.13. The van der Waals surface area contributed by atoms with Crippen LogP contribution < -0.4 is 15.4 Å². The van der Waals surface area contributed by atoms with Gasteiger partial charge in [0.05, 0.1) is 6.61 Å². The number of hydrogen-bond donors (Lipinski definition) is 2. The molecule has 0 spiro atoms. The van der Waals surface area contributed by atoms with E-state index >= 15 is 0 Å². The number of nitrogens with one attached hydrogen (secondary N) is 2. The predicted octanol–water partition coefficient (Wildman–Crippen LogP) is 4.36. The number of aromatic nitrogens is 2. The van der Waals surface area contributed by atoms with Crippen molar-refractivity contribution >= 4 is 17.5 Å². The Bertz CT molecular complexity index is 609. The first-order valence-electron chi connectivity index (χ1n) is 8.43. The minimum atomic E-state index is 0.539. The molecule has 3 rings (SSSR count). The summed E-state index contributed by atoms with van der Waals surface area (Å²) in [7, 11) is 0. The molecule has 1 aliphatic rings. The zero-order valence-corrected chi connectivity index (χ0v) is 13.6. The highest BCUT2D eigenvalue weighted by molar-refractivity contribution is 5.55. The van der Waals surface area contributed by atoms with Gasteiger partial charge in [-0.15, -0.1) is 0 Å². The van der Waals surface area contributed by atoms with Gasteiger partial charge in [0.25, 0.3) is 0 Å². The van der Waals surface area contributed by atoms with Crippen LogP contribution in [-0.2, 0) is 0 Å². The fourth-order valence-corrected chi connectivity index (χ4v) is 2.89. The number of anilines is 3. The SMILES string of the molecule is CCOc1ccc(Nc2nccc(NC3CCCCC3)n2)cc1. The van der Waals surface area contributed by atoms with E-state index in [4.69, 9.17) is 4.74 Å². The molecule has 1 aliphatic carbocycles. The molecule has 2 aromatic rings. The standard InChI is InChI=1S/C18H24N4O/c1-2-23-16-10-8-15(9-11-16)21-18-19-13-12-17(22-18)20-14-6-4-3-5-7-14/h8-14H,2-7H2,1H3,(H2,19,20,21,22). The van der Waals surface area contributed by atoms with Crippen molar-refractivity contribution < 1.29 is 4.74 Å². The van der Waals surface area contributed by atoms with E-state index in [2.05, 4.69) is 20.6 Å². The smallest absolute Gasteiger partial charge is 0.229 e. The molecule has 0 aliphatic heterocycles. The zero-order valence-electron chi connectivity index (χ0n) is 13.6. The van der Waals surface area contributed by atoms with Crippen LogP contribution in [0.15, 0.2) is 36.5 Å². The highest BCUT2D eigenvalue weighted by atomic mass is 16.5. The van der Waals surface area contributed by atoms with Gasteiger partial charge in [-0.2, -0.15) is 4.98 Å². The van der Waals surface area contributed by atoms with Crippen molar-refractivity contribution in [2.75, 3.05) is 17.2 Å². The molecule has 1 heterocycles. The first-order chi connectivity index (χ1) is 11.3. The quantitative estimate of drug-likeness (QED) is 0.829. The largest absolute Gasteiger partial charge is 0.494 e. The molecule has 5 nitrogen and oxygen atoms in total. The van der Waals surface area contributed by atoms with E-state index in [1.807, 2.05) is 37.3 Å². The molecule has 1 fully saturated rings. The average Bonchev–Trinajstić information content (AvgIpc) is 2.58. The Labute approximate surface area is 137 Å². The number of benzene rings is 1. The maximum atomic E-state index is 5.45. The fraction of sp³-hybridized carbons (Fsp3) is 0.444. The monoisotopic (exact) mass is 312 g/mol. The van der Waals surface area contributed by atoms with E-state index in [1.165, 1.54) is 32.1 Å². The first-order valence-corrected chi connectivity index (χ1v) is 8.43. The van der Waals surface area contributed by atoms with E-state index in [1.54, 1.807) is 6.20 Å². The molecule has 0 atom stereocenters. The maximum absolute atomic E-state index is 5.45. The number of ether oxygens (including phenoxy) is 1. The molecule has 0 saturated heterocycles.